The normalized spacial score (nSPS) is 15.8. The van der Waals surface area contributed by atoms with Gasteiger partial charge >= 0.3 is 0 Å². The number of methoxy groups -OCH3 is 1. The molecule has 1 aromatic rings. The van der Waals surface area contributed by atoms with Crippen molar-refractivity contribution in [2.75, 3.05) is 13.8 Å². The van der Waals surface area contributed by atoms with Gasteiger partial charge in [0, 0.05) is 12.7 Å². The molecule has 5 heteroatoms. The van der Waals surface area contributed by atoms with E-state index in [2.05, 4.69) is 0 Å². The Morgan fingerprint density at radius 3 is 2.33 bits per heavy atom. The molecular weight excluding hydrogens is 237 g/mol. The SMILES string of the molecule is COCN1C(=O)C(C)=C(c2ccc(F)cc2)C1=O. The zero-order chi connectivity index (χ0) is 13.3. The summed E-state index contributed by atoms with van der Waals surface area (Å²) in [5.74, 6) is -1.17. The summed E-state index contributed by atoms with van der Waals surface area (Å²) in [6, 6.07) is 5.48. The van der Waals surface area contributed by atoms with Gasteiger partial charge in [0.25, 0.3) is 11.8 Å². The first kappa shape index (κ1) is 12.4. The van der Waals surface area contributed by atoms with E-state index in [9.17, 15) is 14.0 Å². The van der Waals surface area contributed by atoms with Crippen molar-refractivity contribution >= 4 is 17.4 Å². The predicted molar refractivity (Wildman–Crippen MR) is 62.7 cm³/mol. The van der Waals surface area contributed by atoms with Gasteiger partial charge in [-0.2, -0.15) is 0 Å². The lowest BCUT2D eigenvalue weighted by Gasteiger charge is -2.13. The first-order valence-corrected chi connectivity index (χ1v) is 5.38. The van der Waals surface area contributed by atoms with Crippen molar-refractivity contribution in [2.45, 2.75) is 6.92 Å². The molecule has 4 nitrogen and oxygen atoms in total. The number of carbonyl (C=O) groups excluding carboxylic acids is 2. The molecule has 0 atom stereocenters. The van der Waals surface area contributed by atoms with E-state index in [1.54, 1.807) is 6.92 Å². The Morgan fingerprint density at radius 2 is 1.78 bits per heavy atom. The maximum Gasteiger partial charge on any atom is 0.263 e. The van der Waals surface area contributed by atoms with E-state index in [0.717, 1.165) is 4.90 Å². The third-order valence-corrected chi connectivity index (χ3v) is 2.79. The van der Waals surface area contributed by atoms with Gasteiger partial charge in [0.15, 0.2) is 0 Å². The molecule has 1 aromatic carbocycles. The number of hydrogen-bond acceptors (Lipinski definition) is 3. The highest BCUT2D eigenvalue weighted by molar-refractivity contribution is 6.35. The Kier molecular flexibility index (Phi) is 3.25. The van der Waals surface area contributed by atoms with Gasteiger partial charge in [0.05, 0.1) is 5.57 Å². The number of amides is 2. The molecule has 0 aliphatic carbocycles. The largest absolute Gasteiger partial charge is 0.364 e. The summed E-state index contributed by atoms with van der Waals surface area (Å²) < 4.78 is 17.7. The second-order valence-electron chi connectivity index (χ2n) is 3.96. The molecule has 1 aliphatic heterocycles. The molecule has 1 aliphatic rings. The maximum atomic E-state index is 12.8. The molecule has 0 unspecified atom stereocenters. The second kappa shape index (κ2) is 4.70. The minimum absolute atomic E-state index is 0.0836. The van der Waals surface area contributed by atoms with Crippen molar-refractivity contribution in [1.29, 1.82) is 0 Å². The quantitative estimate of drug-likeness (QED) is 0.764. The van der Waals surface area contributed by atoms with E-state index in [1.807, 2.05) is 0 Å². The Balaban J connectivity index is 2.41. The fourth-order valence-corrected chi connectivity index (χ4v) is 1.90. The molecule has 0 N–H and O–H groups in total. The molecule has 1 heterocycles. The fraction of sp³-hybridized carbons (Fsp3) is 0.231. The van der Waals surface area contributed by atoms with Crippen LogP contribution in [0.4, 0.5) is 4.39 Å². The number of carbonyl (C=O) groups is 2. The average molecular weight is 249 g/mol. The molecule has 0 radical (unpaired) electrons. The van der Waals surface area contributed by atoms with Crippen LogP contribution >= 0.6 is 0 Å². The summed E-state index contributed by atoms with van der Waals surface area (Å²) in [6.45, 7) is 1.49. The van der Waals surface area contributed by atoms with Gasteiger partial charge in [0.2, 0.25) is 0 Å². The van der Waals surface area contributed by atoms with Crippen LogP contribution in [0.1, 0.15) is 12.5 Å². The van der Waals surface area contributed by atoms with Crippen molar-refractivity contribution in [3.63, 3.8) is 0 Å². The van der Waals surface area contributed by atoms with Crippen molar-refractivity contribution in [2.24, 2.45) is 0 Å². The number of hydrogen-bond donors (Lipinski definition) is 0. The van der Waals surface area contributed by atoms with Crippen LogP contribution in [-0.2, 0) is 14.3 Å². The van der Waals surface area contributed by atoms with E-state index in [1.165, 1.54) is 31.4 Å². The lowest BCUT2D eigenvalue weighted by Crippen LogP contribution is -2.33. The molecule has 2 rings (SSSR count). The van der Waals surface area contributed by atoms with Crippen LogP contribution in [0.25, 0.3) is 5.57 Å². The molecule has 0 aromatic heterocycles. The number of rotatable bonds is 3. The monoisotopic (exact) mass is 249 g/mol. The zero-order valence-corrected chi connectivity index (χ0v) is 10.1. The number of ether oxygens (including phenoxy) is 1. The lowest BCUT2D eigenvalue weighted by atomic mass is 10.0. The van der Waals surface area contributed by atoms with Crippen LogP contribution in [0.2, 0.25) is 0 Å². The van der Waals surface area contributed by atoms with E-state index in [-0.39, 0.29) is 18.5 Å². The van der Waals surface area contributed by atoms with Crippen molar-refractivity contribution in [3.8, 4) is 0 Å². The third kappa shape index (κ3) is 1.93. The molecule has 0 bridgehead atoms. The van der Waals surface area contributed by atoms with Gasteiger partial charge in [-0.3, -0.25) is 14.5 Å². The molecule has 0 saturated carbocycles. The van der Waals surface area contributed by atoms with Crippen LogP contribution in [0, 0.1) is 5.82 Å². The number of imide groups is 1. The Hall–Kier alpha value is -2.01. The highest BCUT2D eigenvalue weighted by Crippen LogP contribution is 2.28. The Morgan fingerprint density at radius 1 is 1.17 bits per heavy atom. The average Bonchev–Trinajstić information content (AvgIpc) is 2.56. The summed E-state index contributed by atoms with van der Waals surface area (Å²) in [5, 5.41) is 0. The second-order valence-corrected chi connectivity index (χ2v) is 3.96. The third-order valence-electron chi connectivity index (χ3n) is 2.79. The first-order chi connectivity index (χ1) is 8.56. The molecule has 0 saturated heterocycles. The maximum absolute atomic E-state index is 12.8. The standard InChI is InChI=1S/C13H12FNO3/c1-8-11(9-3-5-10(14)6-4-9)13(17)15(7-18-2)12(8)16/h3-6H,7H2,1-2H3. The summed E-state index contributed by atoms with van der Waals surface area (Å²) in [4.78, 5) is 24.9. The molecule has 18 heavy (non-hydrogen) atoms. The number of halogens is 1. The van der Waals surface area contributed by atoms with Crippen molar-refractivity contribution < 1.29 is 18.7 Å². The minimum atomic E-state index is -0.411. The molecule has 94 valence electrons. The van der Waals surface area contributed by atoms with E-state index >= 15 is 0 Å². The molecular formula is C13H12FNO3. The molecule has 0 spiro atoms. The molecule has 0 fully saturated rings. The molecule has 2 amide bonds. The van der Waals surface area contributed by atoms with Gasteiger partial charge in [0.1, 0.15) is 12.5 Å². The lowest BCUT2D eigenvalue weighted by molar-refractivity contribution is -0.141. The summed E-state index contributed by atoms with van der Waals surface area (Å²) in [5.41, 5.74) is 1.19. The smallest absolute Gasteiger partial charge is 0.263 e. The summed E-state index contributed by atoms with van der Waals surface area (Å²) in [7, 11) is 1.41. The summed E-state index contributed by atoms with van der Waals surface area (Å²) in [6.07, 6.45) is 0. The van der Waals surface area contributed by atoms with Crippen LogP contribution in [0.15, 0.2) is 29.8 Å². The number of benzene rings is 1. The fourth-order valence-electron chi connectivity index (χ4n) is 1.90. The highest BCUT2D eigenvalue weighted by atomic mass is 19.1. The summed E-state index contributed by atoms with van der Waals surface area (Å²) >= 11 is 0. The van der Waals surface area contributed by atoms with Gasteiger partial charge in [-0.05, 0) is 24.6 Å². The highest BCUT2D eigenvalue weighted by Gasteiger charge is 2.36. The van der Waals surface area contributed by atoms with Crippen LogP contribution < -0.4 is 0 Å². The first-order valence-electron chi connectivity index (χ1n) is 5.38. The Bertz CT molecular complexity index is 534. The van der Waals surface area contributed by atoms with Crippen molar-refractivity contribution in [1.82, 2.24) is 4.90 Å². The predicted octanol–water partition coefficient (Wildman–Crippen LogP) is 1.57. The zero-order valence-electron chi connectivity index (χ0n) is 10.1. The topological polar surface area (TPSA) is 46.6 Å². The van der Waals surface area contributed by atoms with E-state index < -0.39 is 5.91 Å². The van der Waals surface area contributed by atoms with Gasteiger partial charge in [-0.1, -0.05) is 12.1 Å². The van der Waals surface area contributed by atoms with E-state index in [4.69, 9.17) is 4.74 Å². The minimum Gasteiger partial charge on any atom is -0.364 e. The van der Waals surface area contributed by atoms with Gasteiger partial charge in [-0.25, -0.2) is 4.39 Å². The van der Waals surface area contributed by atoms with Crippen LogP contribution in [0.3, 0.4) is 0 Å². The van der Waals surface area contributed by atoms with Gasteiger partial charge < -0.3 is 4.74 Å². The van der Waals surface area contributed by atoms with Crippen molar-refractivity contribution in [3.05, 3.63) is 41.2 Å². The number of nitrogens with zero attached hydrogens (tertiary/aromatic N) is 1. The van der Waals surface area contributed by atoms with Crippen LogP contribution in [-0.4, -0.2) is 30.6 Å². The van der Waals surface area contributed by atoms with Crippen LogP contribution in [0.5, 0.6) is 0 Å². The Labute approximate surface area is 104 Å². The van der Waals surface area contributed by atoms with E-state index in [0.29, 0.717) is 16.7 Å². The van der Waals surface area contributed by atoms with Gasteiger partial charge in [-0.15, -0.1) is 0 Å².